The Balaban J connectivity index is 1.52. The molecule has 122 valence electrons. The fourth-order valence-corrected chi connectivity index (χ4v) is 3.12. The molecule has 1 atom stereocenters. The zero-order valence-electron chi connectivity index (χ0n) is 12.6. The third-order valence-electron chi connectivity index (χ3n) is 3.67. The quantitative estimate of drug-likeness (QED) is 0.670. The van der Waals surface area contributed by atoms with Crippen LogP contribution in [-0.2, 0) is 0 Å². The first kappa shape index (κ1) is 14.7. The maximum atomic E-state index is 12.4. The largest absolute Gasteiger partial charge is 0.462 e. The minimum atomic E-state index is -0.794. The SMILES string of the molecule is CN1c2ccc(C(=O)Nc3nnc(-c4ccco4)s3)cc2NC1O. The Morgan fingerprint density at radius 3 is 3.08 bits per heavy atom. The predicted molar refractivity (Wildman–Crippen MR) is 90.0 cm³/mol. The predicted octanol–water partition coefficient (Wildman–Crippen LogP) is 2.19. The van der Waals surface area contributed by atoms with E-state index >= 15 is 0 Å². The molecule has 24 heavy (non-hydrogen) atoms. The van der Waals surface area contributed by atoms with E-state index in [0.29, 0.717) is 27.2 Å². The highest BCUT2D eigenvalue weighted by Gasteiger charge is 2.24. The van der Waals surface area contributed by atoms with E-state index in [-0.39, 0.29) is 5.91 Å². The minimum absolute atomic E-state index is 0.300. The third-order valence-corrected chi connectivity index (χ3v) is 4.52. The van der Waals surface area contributed by atoms with Crippen LogP contribution in [0.25, 0.3) is 10.8 Å². The number of aliphatic hydroxyl groups excluding tert-OH is 1. The molecule has 1 unspecified atom stereocenters. The topological polar surface area (TPSA) is 104 Å². The van der Waals surface area contributed by atoms with E-state index in [0.717, 1.165) is 5.69 Å². The van der Waals surface area contributed by atoms with E-state index in [4.69, 9.17) is 4.42 Å². The molecule has 2 aromatic heterocycles. The summed E-state index contributed by atoms with van der Waals surface area (Å²) < 4.78 is 5.25. The van der Waals surface area contributed by atoms with E-state index in [1.54, 1.807) is 48.5 Å². The van der Waals surface area contributed by atoms with E-state index in [2.05, 4.69) is 20.8 Å². The molecular weight excluding hydrogens is 330 g/mol. The Morgan fingerprint density at radius 2 is 2.29 bits per heavy atom. The average Bonchev–Trinajstić information content (AvgIpc) is 3.29. The summed E-state index contributed by atoms with van der Waals surface area (Å²) in [5.41, 5.74) is 1.99. The van der Waals surface area contributed by atoms with Crippen molar-refractivity contribution in [1.82, 2.24) is 10.2 Å². The van der Waals surface area contributed by atoms with Crippen molar-refractivity contribution in [3.05, 3.63) is 42.2 Å². The van der Waals surface area contributed by atoms with Crippen LogP contribution in [0.1, 0.15) is 10.4 Å². The van der Waals surface area contributed by atoms with E-state index in [1.807, 2.05) is 0 Å². The fourth-order valence-electron chi connectivity index (χ4n) is 2.41. The molecule has 9 heteroatoms. The first-order valence-electron chi connectivity index (χ1n) is 7.12. The molecule has 4 rings (SSSR count). The summed E-state index contributed by atoms with van der Waals surface area (Å²) in [5.74, 6) is 0.303. The van der Waals surface area contributed by atoms with Gasteiger partial charge in [0.15, 0.2) is 10.8 Å². The Bertz CT molecular complexity index is 892. The maximum Gasteiger partial charge on any atom is 0.257 e. The van der Waals surface area contributed by atoms with Crippen LogP contribution in [0, 0.1) is 0 Å². The van der Waals surface area contributed by atoms with Crippen LogP contribution >= 0.6 is 11.3 Å². The molecule has 0 fully saturated rings. The van der Waals surface area contributed by atoms with E-state index in [9.17, 15) is 9.90 Å². The molecule has 0 spiro atoms. The number of fused-ring (bicyclic) bond motifs is 1. The zero-order valence-corrected chi connectivity index (χ0v) is 13.4. The zero-order chi connectivity index (χ0) is 16.7. The Kier molecular flexibility index (Phi) is 3.44. The van der Waals surface area contributed by atoms with Crippen LogP contribution < -0.4 is 15.5 Å². The number of furan rings is 1. The van der Waals surface area contributed by atoms with Gasteiger partial charge in [0.05, 0.1) is 17.6 Å². The van der Waals surface area contributed by atoms with Gasteiger partial charge in [0, 0.05) is 12.6 Å². The monoisotopic (exact) mass is 343 g/mol. The Labute approximate surface area is 140 Å². The van der Waals surface area contributed by atoms with Crippen LogP contribution in [0.5, 0.6) is 0 Å². The molecule has 0 aliphatic carbocycles. The van der Waals surface area contributed by atoms with Crippen molar-refractivity contribution in [2.75, 3.05) is 22.6 Å². The number of nitrogens with zero attached hydrogens (tertiary/aromatic N) is 3. The van der Waals surface area contributed by atoms with Crippen molar-refractivity contribution in [1.29, 1.82) is 0 Å². The average molecular weight is 343 g/mol. The van der Waals surface area contributed by atoms with Gasteiger partial charge in [0.1, 0.15) is 0 Å². The fraction of sp³-hybridized carbons (Fsp3) is 0.133. The lowest BCUT2D eigenvalue weighted by Crippen LogP contribution is -2.31. The van der Waals surface area contributed by atoms with Crippen molar-refractivity contribution in [2.24, 2.45) is 0 Å². The number of rotatable bonds is 3. The van der Waals surface area contributed by atoms with Crippen LogP contribution in [0.2, 0.25) is 0 Å². The van der Waals surface area contributed by atoms with Gasteiger partial charge in [-0.25, -0.2) is 0 Å². The summed E-state index contributed by atoms with van der Waals surface area (Å²) in [6.07, 6.45) is 0.759. The second-order valence-electron chi connectivity index (χ2n) is 5.20. The number of amides is 1. The molecule has 3 heterocycles. The third kappa shape index (κ3) is 2.49. The lowest BCUT2D eigenvalue weighted by molar-refractivity contribution is 0.102. The molecule has 1 amide bonds. The number of aliphatic hydroxyl groups is 1. The first-order chi connectivity index (χ1) is 11.6. The van der Waals surface area contributed by atoms with Crippen molar-refractivity contribution in [2.45, 2.75) is 6.35 Å². The number of hydrogen-bond acceptors (Lipinski definition) is 8. The van der Waals surface area contributed by atoms with Crippen LogP contribution in [-0.4, -0.2) is 34.6 Å². The number of benzene rings is 1. The highest BCUT2D eigenvalue weighted by molar-refractivity contribution is 7.18. The molecule has 0 bridgehead atoms. The van der Waals surface area contributed by atoms with Crippen LogP contribution in [0.4, 0.5) is 16.5 Å². The molecule has 3 aromatic rings. The molecule has 1 aliphatic heterocycles. The number of nitrogens with one attached hydrogen (secondary N) is 2. The van der Waals surface area contributed by atoms with Gasteiger partial charge in [-0.15, -0.1) is 10.2 Å². The molecule has 0 radical (unpaired) electrons. The van der Waals surface area contributed by atoms with Crippen molar-refractivity contribution in [3.8, 4) is 10.8 Å². The number of carbonyl (C=O) groups is 1. The molecule has 8 nitrogen and oxygen atoms in total. The molecule has 1 aliphatic rings. The molecular formula is C15H13N5O3S. The summed E-state index contributed by atoms with van der Waals surface area (Å²) in [4.78, 5) is 14.1. The maximum absolute atomic E-state index is 12.4. The van der Waals surface area contributed by atoms with E-state index < -0.39 is 6.35 Å². The van der Waals surface area contributed by atoms with Gasteiger partial charge in [0.25, 0.3) is 5.91 Å². The van der Waals surface area contributed by atoms with E-state index in [1.165, 1.54) is 11.3 Å². The summed E-state index contributed by atoms with van der Waals surface area (Å²) in [5, 5.41) is 24.3. The van der Waals surface area contributed by atoms with Gasteiger partial charge in [-0.2, -0.15) is 0 Å². The Hall–Kier alpha value is -2.91. The van der Waals surface area contributed by atoms with Crippen LogP contribution in [0.3, 0.4) is 0 Å². The second kappa shape index (κ2) is 5.62. The highest BCUT2D eigenvalue weighted by atomic mass is 32.1. The number of anilines is 3. The number of aromatic nitrogens is 2. The Morgan fingerprint density at radius 1 is 1.42 bits per heavy atom. The summed E-state index contributed by atoms with van der Waals surface area (Å²) in [6, 6.07) is 8.70. The van der Waals surface area contributed by atoms with Gasteiger partial charge < -0.3 is 19.7 Å². The summed E-state index contributed by atoms with van der Waals surface area (Å²) in [7, 11) is 1.76. The first-order valence-corrected chi connectivity index (χ1v) is 7.94. The van der Waals surface area contributed by atoms with Crippen molar-refractivity contribution < 1.29 is 14.3 Å². The normalized spacial score (nSPS) is 15.9. The van der Waals surface area contributed by atoms with Crippen molar-refractivity contribution >= 4 is 33.8 Å². The lowest BCUT2D eigenvalue weighted by Gasteiger charge is -2.15. The van der Waals surface area contributed by atoms with Crippen LogP contribution in [0.15, 0.2) is 41.0 Å². The minimum Gasteiger partial charge on any atom is -0.462 e. The molecule has 0 saturated carbocycles. The molecule has 3 N–H and O–H groups in total. The van der Waals surface area contributed by atoms with Gasteiger partial charge in [-0.05, 0) is 30.3 Å². The van der Waals surface area contributed by atoms with Gasteiger partial charge >= 0.3 is 0 Å². The molecule has 1 aromatic carbocycles. The highest BCUT2D eigenvalue weighted by Crippen LogP contribution is 2.33. The van der Waals surface area contributed by atoms with Gasteiger partial charge in [-0.3, -0.25) is 10.1 Å². The smallest absolute Gasteiger partial charge is 0.257 e. The summed E-state index contributed by atoms with van der Waals surface area (Å²) in [6.45, 7) is 0. The number of carbonyl (C=O) groups excluding carboxylic acids is 1. The van der Waals surface area contributed by atoms with Gasteiger partial charge in [0.2, 0.25) is 11.5 Å². The number of hydrogen-bond donors (Lipinski definition) is 3. The molecule has 0 saturated heterocycles. The summed E-state index contributed by atoms with van der Waals surface area (Å²) >= 11 is 1.23. The standard InChI is InChI=1S/C15H13N5O3S/c1-20-10-5-4-8(7-9(10)16-15(20)22)12(21)17-14-19-18-13(24-14)11-3-2-6-23-11/h2-7,15-16,22H,1H3,(H,17,19,21). The van der Waals surface area contributed by atoms with Gasteiger partial charge in [-0.1, -0.05) is 11.3 Å². The van der Waals surface area contributed by atoms with Crippen molar-refractivity contribution in [3.63, 3.8) is 0 Å². The second-order valence-corrected chi connectivity index (χ2v) is 6.18. The lowest BCUT2D eigenvalue weighted by atomic mass is 10.1.